The maximum absolute atomic E-state index is 5.59. The highest BCUT2D eigenvalue weighted by Gasteiger charge is 2.22. The molecule has 0 aliphatic carbocycles. The lowest BCUT2D eigenvalue weighted by Gasteiger charge is -2.21. The van der Waals surface area contributed by atoms with Gasteiger partial charge < -0.3 is 14.4 Å². The zero-order valence-corrected chi connectivity index (χ0v) is 9.98. The molecule has 1 aromatic carbocycles. The van der Waals surface area contributed by atoms with E-state index in [4.69, 9.17) is 9.47 Å². The molecule has 1 aliphatic rings. The van der Waals surface area contributed by atoms with Crippen LogP contribution in [0, 0.1) is 0 Å². The minimum Gasteiger partial charge on any atom is -0.491 e. The summed E-state index contributed by atoms with van der Waals surface area (Å²) in [5.74, 6) is 0.923. The van der Waals surface area contributed by atoms with E-state index in [1.807, 2.05) is 12.1 Å². The van der Waals surface area contributed by atoms with E-state index in [0.717, 1.165) is 25.4 Å². The Hall–Kier alpha value is -1.22. The van der Waals surface area contributed by atoms with Crippen LogP contribution in [-0.4, -0.2) is 32.4 Å². The van der Waals surface area contributed by atoms with Crippen LogP contribution in [0.15, 0.2) is 24.3 Å². The second-order valence-corrected chi connectivity index (χ2v) is 3.93. The average Bonchev–Trinajstić information content (AvgIpc) is 3.13. The van der Waals surface area contributed by atoms with Crippen LogP contribution in [0.4, 0.5) is 5.69 Å². The molecule has 0 saturated carbocycles. The van der Waals surface area contributed by atoms with E-state index < -0.39 is 0 Å². The summed E-state index contributed by atoms with van der Waals surface area (Å²) in [6.45, 7) is 7.91. The maximum Gasteiger partial charge on any atom is 0.119 e. The van der Waals surface area contributed by atoms with Crippen LogP contribution in [0.5, 0.6) is 5.75 Å². The highest BCUT2D eigenvalue weighted by Crippen LogP contribution is 2.20. The summed E-state index contributed by atoms with van der Waals surface area (Å²) >= 11 is 0. The zero-order chi connectivity index (χ0) is 11.4. The Bertz CT molecular complexity index is 315. The number of hydrogen-bond acceptors (Lipinski definition) is 3. The lowest BCUT2D eigenvalue weighted by molar-refractivity contribution is 0.263. The Morgan fingerprint density at radius 3 is 2.38 bits per heavy atom. The van der Waals surface area contributed by atoms with E-state index in [-0.39, 0.29) is 0 Å². The molecule has 0 amide bonds. The van der Waals surface area contributed by atoms with E-state index in [9.17, 15) is 0 Å². The number of rotatable bonds is 6. The van der Waals surface area contributed by atoms with E-state index in [1.165, 1.54) is 5.69 Å². The predicted octanol–water partition coefficient (Wildman–Crippen LogP) is 2.31. The number of nitrogens with zero attached hydrogens (tertiary/aromatic N) is 1. The largest absolute Gasteiger partial charge is 0.491 e. The number of ether oxygens (including phenoxy) is 2. The van der Waals surface area contributed by atoms with Gasteiger partial charge in [-0.05, 0) is 38.1 Å². The molecular formula is C13H19NO2. The van der Waals surface area contributed by atoms with Crippen molar-refractivity contribution in [3.05, 3.63) is 24.3 Å². The van der Waals surface area contributed by atoms with Crippen molar-refractivity contribution in [3.63, 3.8) is 0 Å². The molecule has 1 saturated heterocycles. The minimum atomic E-state index is 0.322. The molecule has 3 heteroatoms. The highest BCUT2D eigenvalue weighted by molar-refractivity contribution is 5.48. The number of benzene rings is 1. The predicted molar refractivity (Wildman–Crippen MR) is 65.2 cm³/mol. The van der Waals surface area contributed by atoms with Gasteiger partial charge in [-0.3, -0.25) is 0 Å². The fourth-order valence-electron chi connectivity index (χ4n) is 1.70. The van der Waals surface area contributed by atoms with E-state index in [0.29, 0.717) is 12.7 Å². The van der Waals surface area contributed by atoms with E-state index >= 15 is 0 Å². The van der Waals surface area contributed by atoms with Crippen LogP contribution in [0.2, 0.25) is 0 Å². The molecule has 0 bridgehead atoms. The van der Waals surface area contributed by atoms with Gasteiger partial charge in [-0.1, -0.05) is 0 Å². The quantitative estimate of drug-likeness (QED) is 0.689. The molecule has 1 heterocycles. The first kappa shape index (κ1) is 11.3. The summed E-state index contributed by atoms with van der Waals surface area (Å²) in [7, 11) is 0. The SMILES string of the molecule is CCN(CC)c1ccc(OCC2CO2)cc1. The van der Waals surface area contributed by atoms with Gasteiger partial charge in [0.1, 0.15) is 18.5 Å². The summed E-state index contributed by atoms with van der Waals surface area (Å²) in [4.78, 5) is 2.31. The normalized spacial score (nSPS) is 18.2. The Balaban J connectivity index is 1.91. The second-order valence-electron chi connectivity index (χ2n) is 3.93. The molecule has 1 fully saturated rings. The number of anilines is 1. The molecular weight excluding hydrogens is 202 g/mol. The molecule has 0 N–H and O–H groups in total. The standard InChI is InChI=1S/C13H19NO2/c1-3-14(4-2)11-5-7-12(8-6-11)15-9-13-10-16-13/h5-8,13H,3-4,9-10H2,1-2H3. The maximum atomic E-state index is 5.59. The lowest BCUT2D eigenvalue weighted by Crippen LogP contribution is -2.21. The molecule has 1 unspecified atom stereocenters. The van der Waals surface area contributed by atoms with Gasteiger partial charge in [0.2, 0.25) is 0 Å². The molecule has 0 radical (unpaired) electrons. The van der Waals surface area contributed by atoms with Crippen molar-refractivity contribution in [3.8, 4) is 5.75 Å². The molecule has 1 aromatic rings. The van der Waals surface area contributed by atoms with Crippen LogP contribution in [0.1, 0.15) is 13.8 Å². The minimum absolute atomic E-state index is 0.322. The zero-order valence-electron chi connectivity index (χ0n) is 9.98. The average molecular weight is 221 g/mol. The summed E-state index contributed by atoms with van der Waals surface area (Å²) in [5.41, 5.74) is 1.25. The monoisotopic (exact) mass is 221 g/mol. The Morgan fingerprint density at radius 1 is 1.25 bits per heavy atom. The first-order valence-corrected chi connectivity index (χ1v) is 5.93. The van der Waals surface area contributed by atoms with Gasteiger partial charge in [-0.25, -0.2) is 0 Å². The summed E-state index contributed by atoms with van der Waals surface area (Å²) in [5, 5.41) is 0. The summed E-state index contributed by atoms with van der Waals surface area (Å²) in [6, 6.07) is 8.26. The second kappa shape index (κ2) is 5.21. The van der Waals surface area contributed by atoms with Gasteiger partial charge >= 0.3 is 0 Å². The van der Waals surface area contributed by atoms with Gasteiger partial charge in [0.25, 0.3) is 0 Å². The van der Waals surface area contributed by atoms with Crippen LogP contribution < -0.4 is 9.64 Å². The molecule has 1 atom stereocenters. The fourth-order valence-corrected chi connectivity index (χ4v) is 1.70. The molecule has 2 rings (SSSR count). The highest BCUT2D eigenvalue weighted by atomic mass is 16.6. The molecule has 88 valence electrons. The molecule has 0 aromatic heterocycles. The van der Waals surface area contributed by atoms with Gasteiger partial charge in [0.05, 0.1) is 6.61 Å². The Kier molecular flexibility index (Phi) is 3.67. The van der Waals surface area contributed by atoms with Gasteiger partial charge in [-0.15, -0.1) is 0 Å². The van der Waals surface area contributed by atoms with Gasteiger partial charge in [0, 0.05) is 18.8 Å². The van der Waals surface area contributed by atoms with Gasteiger partial charge in [0.15, 0.2) is 0 Å². The number of hydrogen-bond donors (Lipinski definition) is 0. The summed E-state index contributed by atoms with van der Waals surface area (Å²) < 4.78 is 10.7. The molecule has 0 spiro atoms. The molecule has 3 nitrogen and oxygen atoms in total. The third-order valence-corrected chi connectivity index (χ3v) is 2.80. The summed E-state index contributed by atoms with van der Waals surface area (Å²) in [6.07, 6.45) is 0.322. The van der Waals surface area contributed by atoms with Crippen molar-refractivity contribution in [2.24, 2.45) is 0 Å². The number of epoxide rings is 1. The van der Waals surface area contributed by atoms with Crippen molar-refractivity contribution in [1.82, 2.24) is 0 Å². The third kappa shape index (κ3) is 2.89. The Morgan fingerprint density at radius 2 is 1.88 bits per heavy atom. The molecule has 16 heavy (non-hydrogen) atoms. The van der Waals surface area contributed by atoms with E-state index in [2.05, 4.69) is 30.9 Å². The smallest absolute Gasteiger partial charge is 0.119 e. The van der Waals surface area contributed by atoms with Crippen molar-refractivity contribution < 1.29 is 9.47 Å². The van der Waals surface area contributed by atoms with Crippen molar-refractivity contribution >= 4 is 5.69 Å². The van der Waals surface area contributed by atoms with Gasteiger partial charge in [-0.2, -0.15) is 0 Å². The van der Waals surface area contributed by atoms with Crippen molar-refractivity contribution in [2.45, 2.75) is 20.0 Å². The van der Waals surface area contributed by atoms with Crippen LogP contribution in [0.25, 0.3) is 0 Å². The van der Waals surface area contributed by atoms with E-state index in [1.54, 1.807) is 0 Å². The first-order valence-electron chi connectivity index (χ1n) is 5.93. The third-order valence-electron chi connectivity index (χ3n) is 2.80. The van der Waals surface area contributed by atoms with Crippen LogP contribution >= 0.6 is 0 Å². The first-order chi connectivity index (χ1) is 7.83. The van der Waals surface area contributed by atoms with Crippen LogP contribution in [-0.2, 0) is 4.74 Å². The fraction of sp³-hybridized carbons (Fsp3) is 0.538. The Labute approximate surface area is 97.0 Å². The van der Waals surface area contributed by atoms with Crippen molar-refractivity contribution in [1.29, 1.82) is 0 Å². The lowest BCUT2D eigenvalue weighted by atomic mass is 10.2. The molecule has 1 aliphatic heterocycles. The van der Waals surface area contributed by atoms with Crippen molar-refractivity contribution in [2.75, 3.05) is 31.2 Å². The van der Waals surface area contributed by atoms with Crippen LogP contribution in [0.3, 0.4) is 0 Å². The topological polar surface area (TPSA) is 25.0 Å².